The zero-order valence-electron chi connectivity index (χ0n) is 13.3. The zero-order chi connectivity index (χ0) is 15.4. The van der Waals surface area contributed by atoms with Crippen molar-refractivity contribution in [2.24, 2.45) is 0 Å². The molecule has 114 valence electrons. The van der Waals surface area contributed by atoms with Gasteiger partial charge in [-0.1, -0.05) is 38.1 Å². The number of rotatable bonds is 6. The predicted molar refractivity (Wildman–Crippen MR) is 93.2 cm³/mol. The summed E-state index contributed by atoms with van der Waals surface area (Å²) in [5.74, 6) is 1.10. The number of aryl methyl sites for hydroxylation is 2. The van der Waals surface area contributed by atoms with Crippen molar-refractivity contribution in [2.75, 3.05) is 5.32 Å². The fourth-order valence-electron chi connectivity index (χ4n) is 2.77. The molecule has 0 amide bonds. The summed E-state index contributed by atoms with van der Waals surface area (Å²) in [5, 5.41) is 3.49. The van der Waals surface area contributed by atoms with Gasteiger partial charge in [-0.15, -0.1) is 0 Å². The fraction of sp³-hybridized carbons (Fsp3) is 0.316. The van der Waals surface area contributed by atoms with Crippen molar-refractivity contribution >= 4 is 16.7 Å². The van der Waals surface area contributed by atoms with Crippen LogP contribution >= 0.6 is 0 Å². The van der Waals surface area contributed by atoms with E-state index in [1.54, 1.807) is 0 Å². The van der Waals surface area contributed by atoms with Crippen molar-refractivity contribution in [3.05, 3.63) is 59.9 Å². The highest BCUT2D eigenvalue weighted by Gasteiger charge is 2.09. The maximum Gasteiger partial charge on any atom is 0.129 e. The first-order valence-electron chi connectivity index (χ1n) is 8.08. The van der Waals surface area contributed by atoms with E-state index in [0.717, 1.165) is 43.0 Å². The van der Waals surface area contributed by atoms with Gasteiger partial charge in [-0.2, -0.15) is 0 Å². The van der Waals surface area contributed by atoms with Crippen LogP contribution in [0, 0.1) is 0 Å². The molecule has 0 aliphatic heterocycles. The molecule has 0 saturated carbocycles. The molecular formula is C19H23N3. The first-order valence-corrected chi connectivity index (χ1v) is 8.08. The third-order valence-electron chi connectivity index (χ3n) is 3.99. The summed E-state index contributed by atoms with van der Waals surface area (Å²) >= 11 is 0. The highest BCUT2D eigenvalue weighted by atomic mass is 15.1. The third kappa shape index (κ3) is 2.98. The Bertz CT molecular complexity index is 741. The van der Waals surface area contributed by atoms with Crippen molar-refractivity contribution in [3.8, 4) is 0 Å². The fourth-order valence-corrected chi connectivity index (χ4v) is 2.77. The van der Waals surface area contributed by atoms with Gasteiger partial charge in [0.05, 0.1) is 17.6 Å². The van der Waals surface area contributed by atoms with E-state index in [4.69, 9.17) is 4.98 Å². The number of imidazole rings is 1. The molecule has 3 aromatic rings. The lowest BCUT2D eigenvalue weighted by Crippen LogP contribution is -2.08. The Morgan fingerprint density at radius 2 is 1.77 bits per heavy atom. The van der Waals surface area contributed by atoms with E-state index in [2.05, 4.69) is 66.2 Å². The number of benzene rings is 2. The van der Waals surface area contributed by atoms with Crippen molar-refractivity contribution in [3.63, 3.8) is 0 Å². The van der Waals surface area contributed by atoms with E-state index in [1.807, 2.05) is 6.07 Å². The normalized spacial score (nSPS) is 11.0. The number of hydrogen-bond donors (Lipinski definition) is 1. The van der Waals surface area contributed by atoms with Crippen molar-refractivity contribution < 1.29 is 0 Å². The maximum absolute atomic E-state index is 4.78. The third-order valence-corrected chi connectivity index (χ3v) is 3.99. The van der Waals surface area contributed by atoms with Crippen LogP contribution in [-0.4, -0.2) is 9.55 Å². The van der Waals surface area contributed by atoms with Gasteiger partial charge in [0.25, 0.3) is 0 Å². The Balaban J connectivity index is 1.81. The molecule has 3 heteroatoms. The minimum Gasteiger partial charge on any atom is -0.378 e. The summed E-state index contributed by atoms with van der Waals surface area (Å²) in [6.07, 6.45) is 2.19. The standard InChI is InChI=1S/C19H23N3/c1-3-13-22-18-8-6-5-7-17(18)21-19(22)14-20-16-11-9-15(4-2)10-12-16/h5-12,20H,3-4,13-14H2,1-2H3. The van der Waals surface area contributed by atoms with Gasteiger partial charge in [-0.3, -0.25) is 0 Å². The second-order valence-electron chi connectivity index (χ2n) is 5.57. The van der Waals surface area contributed by atoms with Gasteiger partial charge in [0.15, 0.2) is 0 Å². The van der Waals surface area contributed by atoms with Crippen LogP contribution in [0.2, 0.25) is 0 Å². The average molecular weight is 293 g/mol. The van der Waals surface area contributed by atoms with Crippen LogP contribution in [0.1, 0.15) is 31.7 Å². The summed E-state index contributed by atoms with van der Waals surface area (Å²) in [5.41, 5.74) is 4.81. The van der Waals surface area contributed by atoms with Gasteiger partial charge in [0, 0.05) is 12.2 Å². The van der Waals surface area contributed by atoms with Gasteiger partial charge >= 0.3 is 0 Å². The molecule has 0 spiro atoms. The molecule has 0 saturated heterocycles. The second kappa shape index (κ2) is 6.65. The van der Waals surface area contributed by atoms with E-state index in [9.17, 15) is 0 Å². The largest absolute Gasteiger partial charge is 0.378 e. The Morgan fingerprint density at radius 1 is 1.00 bits per heavy atom. The highest BCUT2D eigenvalue weighted by molar-refractivity contribution is 5.76. The molecule has 1 N–H and O–H groups in total. The summed E-state index contributed by atoms with van der Waals surface area (Å²) in [6, 6.07) is 17.0. The molecule has 0 unspecified atom stereocenters. The first-order chi connectivity index (χ1) is 10.8. The Kier molecular flexibility index (Phi) is 4.42. The summed E-state index contributed by atoms with van der Waals surface area (Å²) in [6.45, 7) is 6.14. The summed E-state index contributed by atoms with van der Waals surface area (Å²) in [7, 11) is 0. The molecule has 22 heavy (non-hydrogen) atoms. The Labute approximate surface area is 132 Å². The molecule has 2 aromatic carbocycles. The highest BCUT2D eigenvalue weighted by Crippen LogP contribution is 2.18. The Hall–Kier alpha value is -2.29. The predicted octanol–water partition coefficient (Wildman–Crippen LogP) is 4.62. The zero-order valence-corrected chi connectivity index (χ0v) is 13.3. The summed E-state index contributed by atoms with van der Waals surface area (Å²) < 4.78 is 2.32. The molecule has 3 nitrogen and oxygen atoms in total. The van der Waals surface area contributed by atoms with Gasteiger partial charge in [-0.25, -0.2) is 4.98 Å². The number of anilines is 1. The second-order valence-corrected chi connectivity index (χ2v) is 5.57. The van der Waals surface area contributed by atoms with Gasteiger partial charge in [-0.05, 0) is 42.7 Å². The number of hydrogen-bond acceptors (Lipinski definition) is 2. The molecule has 1 heterocycles. The van der Waals surface area contributed by atoms with Crippen molar-refractivity contribution in [1.29, 1.82) is 0 Å². The van der Waals surface area contributed by atoms with E-state index in [0.29, 0.717) is 0 Å². The summed E-state index contributed by atoms with van der Waals surface area (Å²) in [4.78, 5) is 4.78. The van der Waals surface area contributed by atoms with Gasteiger partial charge in [0.1, 0.15) is 5.82 Å². The van der Waals surface area contributed by atoms with Gasteiger partial charge < -0.3 is 9.88 Å². The van der Waals surface area contributed by atoms with Crippen LogP contribution in [0.5, 0.6) is 0 Å². The number of fused-ring (bicyclic) bond motifs is 1. The number of aromatic nitrogens is 2. The van der Waals surface area contributed by atoms with Crippen LogP contribution in [0.3, 0.4) is 0 Å². The smallest absolute Gasteiger partial charge is 0.129 e. The van der Waals surface area contributed by atoms with E-state index in [1.165, 1.54) is 11.1 Å². The lowest BCUT2D eigenvalue weighted by Gasteiger charge is -2.10. The van der Waals surface area contributed by atoms with Crippen molar-refractivity contribution in [2.45, 2.75) is 39.8 Å². The quantitative estimate of drug-likeness (QED) is 0.718. The van der Waals surface area contributed by atoms with Crippen LogP contribution in [0.25, 0.3) is 11.0 Å². The molecule has 1 aromatic heterocycles. The molecule has 0 aliphatic carbocycles. The molecule has 0 atom stereocenters. The molecule has 0 fully saturated rings. The van der Waals surface area contributed by atoms with Gasteiger partial charge in [0.2, 0.25) is 0 Å². The van der Waals surface area contributed by atoms with Crippen LogP contribution in [0.15, 0.2) is 48.5 Å². The van der Waals surface area contributed by atoms with Crippen LogP contribution < -0.4 is 5.32 Å². The topological polar surface area (TPSA) is 29.9 Å². The lowest BCUT2D eigenvalue weighted by atomic mass is 10.1. The molecule has 3 rings (SSSR count). The van der Waals surface area contributed by atoms with Crippen LogP contribution in [-0.2, 0) is 19.5 Å². The lowest BCUT2D eigenvalue weighted by molar-refractivity contribution is 0.661. The average Bonchev–Trinajstić information content (AvgIpc) is 2.92. The number of para-hydroxylation sites is 2. The maximum atomic E-state index is 4.78. The Morgan fingerprint density at radius 3 is 2.50 bits per heavy atom. The minimum absolute atomic E-state index is 0.750. The SMILES string of the molecule is CCCn1c(CNc2ccc(CC)cc2)nc2ccccc21. The molecule has 0 bridgehead atoms. The molecule has 0 radical (unpaired) electrons. The van der Waals surface area contributed by atoms with E-state index >= 15 is 0 Å². The first kappa shape index (κ1) is 14.6. The number of nitrogens with zero attached hydrogens (tertiary/aromatic N) is 2. The minimum atomic E-state index is 0.750. The monoisotopic (exact) mass is 293 g/mol. The molecule has 0 aliphatic rings. The van der Waals surface area contributed by atoms with E-state index < -0.39 is 0 Å². The molecular weight excluding hydrogens is 270 g/mol. The van der Waals surface area contributed by atoms with Crippen LogP contribution in [0.4, 0.5) is 5.69 Å². The van der Waals surface area contributed by atoms with Crippen molar-refractivity contribution in [1.82, 2.24) is 9.55 Å². The number of nitrogens with one attached hydrogen (secondary N) is 1. The van der Waals surface area contributed by atoms with E-state index in [-0.39, 0.29) is 0 Å².